The molecule has 0 radical (unpaired) electrons. The summed E-state index contributed by atoms with van der Waals surface area (Å²) in [5.74, 6) is 0.565. The van der Waals surface area contributed by atoms with Crippen molar-refractivity contribution in [2.24, 2.45) is 5.10 Å². The van der Waals surface area contributed by atoms with Crippen LogP contribution >= 0.6 is 0 Å². The molecule has 42 heavy (non-hydrogen) atoms. The molecule has 1 aliphatic rings. The van der Waals surface area contributed by atoms with E-state index in [-0.39, 0.29) is 23.5 Å². The highest BCUT2D eigenvalue weighted by molar-refractivity contribution is 6.02. The zero-order valence-electron chi connectivity index (χ0n) is 22.0. The Kier molecular flexibility index (Phi) is 7.32. The van der Waals surface area contributed by atoms with E-state index in [1.165, 1.54) is 24.3 Å². The topological polar surface area (TPSA) is 142 Å². The van der Waals surface area contributed by atoms with Gasteiger partial charge in [-0.25, -0.2) is 4.39 Å². The number of hydrazone groups is 1. The van der Waals surface area contributed by atoms with Crippen LogP contribution in [0, 0.1) is 15.9 Å². The lowest BCUT2D eigenvalue weighted by Gasteiger charge is -2.12. The summed E-state index contributed by atoms with van der Waals surface area (Å²) >= 11 is 0. The Hall–Kier alpha value is -5.91. The van der Waals surface area contributed by atoms with Crippen LogP contribution in [-0.2, 0) is 0 Å². The SMILES string of the molecule is O=[N+]([O-])c1ccc(C2CC(c3ccc(Nc4nc(Nc5ccccc5)nc(Nc5ccc(F)cc5)n4)cc3)=NN2)cc1. The molecular formula is C30H24FN9O2. The van der Waals surface area contributed by atoms with Gasteiger partial charge in [-0.05, 0) is 59.7 Å². The van der Waals surface area contributed by atoms with E-state index < -0.39 is 4.92 Å². The number of nitrogens with zero attached hydrogens (tertiary/aromatic N) is 5. The molecule has 0 fully saturated rings. The molecule has 0 aliphatic carbocycles. The minimum absolute atomic E-state index is 0.0560. The minimum atomic E-state index is -0.413. The molecule has 0 bridgehead atoms. The van der Waals surface area contributed by atoms with E-state index in [2.05, 4.69) is 41.4 Å². The molecule has 0 saturated carbocycles. The van der Waals surface area contributed by atoms with Crippen molar-refractivity contribution in [1.82, 2.24) is 20.4 Å². The van der Waals surface area contributed by atoms with Gasteiger partial charge in [0.1, 0.15) is 5.82 Å². The van der Waals surface area contributed by atoms with Gasteiger partial charge in [0.15, 0.2) is 0 Å². The number of halogens is 1. The first-order valence-electron chi connectivity index (χ1n) is 13.0. The van der Waals surface area contributed by atoms with Crippen LogP contribution in [0.25, 0.3) is 0 Å². The normalized spacial score (nSPS) is 14.0. The van der Waals surface area contributed by atoms with Crippen molar-refractivity contribution < 1.29 is 9.31 Å². The van der Waals surface area contributed by atoms with Gasteiger partial charge >= 0.3 is 0 Å². The van der Waals surface area contributed by atoms with Gasteiger partial charge in [0.05, 0.1) is 16.7 Å². The summed E-state index contributed by atoms with van der Waals surface area (Å²) in [7, 11) is 0. The fourth-order valence-electron chi connectivity index (χ4n) is 4.38. The molecule has 5 aromatic rings. The Bertz CT molecular complexity index is 1730. The van der Waals surface area contributed by atoms with Crippen molar-refractivity contribution in [1.29, 1.82) is 0 Å². The number of hydrogen-bond acceptors (Lipinski definition) is 10. The fourth-order valence-corrected chi connectivity index (χ4v) is 4.38. The third-order valence-electron chi connectivity index (χ3n) is 6.50. The average molecular weight is 562 g/mol. The maximum Gasteiger partial charge on any atom is 0.269 e. The third kappa shape index (κ3) is 6.28. The van der Waals surface area contributed by atoms with Crippen LogP contribution in [0.15, 0.2) is 108 Å². The molecule has 208 valence electrons. The number of nitrogens with one attached hydrogen (secondary N) is 4. The monoisotopic (exact) mass is 561 g/mol. The molecule has 1 atom stereocenters. The molecule has 1 aromatic heterocycles. The van der Waals surface area contributed by atoms with Crippen molar-refractivity contribution in [2.45, 2.75) is 12.5 Å². The molecule has 1 unspecified atom stereocenters. The summed E-state index contributed by atoms with van der Waals surface area (Å²) < 4.78 is 13.4. The van der Waals surface area contributed by atoms with Gasteiger partial charge in [-0.15, -0.1) is 0 Å². The number of rotatable bonds is 9. The number of nitro benzene ring substituents is 1. The summed E-state index contributed by atoms with van der Waals surface area (Å²) in [6.45, 7) is 0. The zero-order valence-corrected chi connectivity index (χ0v) is 22.0. The van der Waals surface area contributed by atoms with Crippen molar-refractivity contribution in [3.63, 3.8) is 0 Å². The molecule has 0 saturated heterocycles. The molecule has 0 spiro atoms. The smallest absolute Gasteiger partial charge is 0.269 e. The van der Waals surface area contributed by atoms with E-state index in [4.69, 9.17) is 0 Å². The summed E-state index contributed by atoms with van der Waals surface area (Å²) in [5.41, 5.74) is 8.12. The van der Waals surface area contributed by atoms with Crippen LogP contribution in [0.3, 0.4) is 0 Å². The van der Waals surface area contributed by atoms with Crippen LogP contribution in [0.4, 0.5) is 45.0 Å². The Morgan fingerprint density at radius 2 is 1.24 bits per heavy atom. The Morgan fingerprint density at radius 3 is 1.79 bits per heavy atom. The van der Waals surface area contributed by atoms with E-state index >= 15 is 0 Å². The lowest BCUT2D eigenvalue weighted by Crippen LogP contribution is -2.09. The van der Waals surface area contributed by atoms with E-state index in [9.17, 15) is 14.5 Å². The maximum absolute atomic E-state index is 13.4. The molecule has 12 heteroatoms. The average Bonchev–Trinajstić information content (AvgIpc) is 3.50. The number of non-ortho nitro benzene ring substituents is 1. The second-order valence-electron chi connectivity index (χ2n) is 9.42. The molecule has 6 rings (SSSR count). The van der Waals surface area contributed by atoms with Crippen LogP contribution in [0.5, 0.6) is 0 Å². The second kappa shape index (κ2) is 11.7. The van der Waals surface area contributed by atoms with E-state index in [1.54, 1.807) is 24.3 Å². The summed E-state index contributed by atoms with van der Waals surface area (Å²) in [6, 6.07) is 29.5. The lowest BCUT2D eigenvalue weighted by atomic mass is 9.99. The minimum Gasteiger partial charge on any atom is -0.324 e. The van der Waals surface area contributed by atoms with Crippen LogP contribution in [0.2, 0.25) is 0 Å². The van der Waals surface area contributed by atoms with Gasteiger partial charge < -0.3 is 21.4 Å². The summed E-state index contributed by atoms with van der Waals surface area (Å²) in [6.07, 6.45) is 0.644. The number of nitro groups is 1. The quantitative estimate of drug-likeness (QED) is 0.116. The van der Waals surface area contributed by atoms with E-state index in [0.717, 1.165) is 28.2 Å². The number of hydrogen-bond donors (Lipinski definition) is 4. The number of benzene rings is 4. The van der Waals surface area contributed by atoms with Crippen LogP contribution in [-0.4, -0.2) is 25.6 Å². The van der Waals surface area contributed by atoms with Crippen molar-refractivity contribution in [3.05, 3.63) is 130 Å². The van der Waals surface area contributed by atoms with Gasteiger partial charge in [-0.2, -0.15) is 20.1 Å². The Balaban J connectivity index is 1.17. The fraction of sp³-hybridized carbons (Fsp3) is 0.0667. The predicted octanol–water partition coefficient (Wildman–Crippen LogP) is 6.59. The van der Waals surface area contributed by atoms with Crippen molar-refractivity contribution >= 4 is 46.3 Å². The standard InChI is InChI=1S/C30H24FN9O2/c31-21-10-14-24(15-11-21)34-30-36-28(32-22-4-2-1-3-5-22)35-29(37-30)33-23-12-6-19(7-13-23)26-18-27(39-38-26)20-8-16-25(17-9-20)40(41)42/h1-17,27,39H,18H2,(H3,32,33,34,35,36,37). The highest BCUT2D eigenvalue weighted by atomic mass is 19.1. The maximum atomic E-state index is 13.4. The molecule has 4 aromatic carbocycles. The van der Waals surface area contributed by atoms with Crippen molar-refractivity contribution in [3.8, 4) is 0 Å². The van der Waals surface area contributed by atoms with E-state index in [1.807, 2.05) is 54.6 Å². The summed E-state index contributed by atoms with van der Waals surface area (Å²) in [4.78, 5) is 24.0. The summed E-state index contributed by atoms with van der Waals surface area (Å²) in [5, 5.41) is 24.9. The van der Waals surface area contributed by atoms with Crippen LogP contribution in [0.1, 0.15) is 23.6 Å². The largest absolute Gasteiger partial charge is 0.324 e. The first kappa shape index (κ1) is 26.3. The van der Waals surface area contributed by atoms with Gasteiger partial charge in [-0.1, -0.05) is 42.5 Å². The molecule has 4 N–H and O–H groups in total. The first-order chi connectivity index (χ1) is 20.5. The predicted molar refractivity (Wildman–Crippen MR) is 159 cm³/mol. The highest BCUT2D eigenvalue weighted by Crippen LogP contribution is 2.27. The molecular weight excluding hydrogens is 537 g/mol. The molecule has 11 nitrogen and oxygen atoms in total. The lowest BCUT2D eigenvalue weighted by molar-refractivity contribution is -0.384. The van der Waals surface area contributed by atoms with Crippen LogP contribution < -0.4 is 21.4 Å². The van der Waals surface area contributed by atoms with Gasteiger partial charge in [0.2, 0.25) is 17.8 Å². The second-order valence-corrected chi connectivity index (χ2v) is 9.42. The zero-order chi connectivity index (χ0) is 28.9. The highest BCUT2D eigenvalue weighted by Gasteiger charge is 2.22. The molecule has 0 amide bonds. The number of anilines is 6. The van der Waals surface area contributed by atoms with Gasteiger partial charge in [0, 0.05) is 35.6 Å². The number of para-hydroxylation sites is 1. The van der Waals surface area contributed by atoms with Crippen molar-refractivity contribution in [2.75, 3.05) is 16.0 Å². The first-order valence-corrected chi connectivity index (χ1v) is 13.0. The molecule has 2 heterocycles. The Morgan fingerprint density at radius 1 is 0.714 bits per heavy atom. The van der Waals surface area contributed by atoms with E-state index in [0.29, 0.717) is 24.0 Å². The Labute approximate surface area is 239 Å². The third-order valence-corrected chi connectivity index (χ3v) is 6.50. The van der Waals surface area contributed by atoms with Gasteiger partial charge in [0.25, 0.3) is 5.69 Å². The molecule has 1 aliphatic heterocycles. The number of aromatic nitrogens is 3. The van der Waals surface area contributed by atoms with Gasteiger partial charge in [-0.3, -0.25) is 10.1 Å².